The Labute approximate surface area is 119 Å². The maximum absolute atomic E-state index is 11.9. The van der Waals surface area contributed by atoms with Crippen LogP contribution in [0.1, 0.15) is 26.3 Å². The van der Waals surface area contributed by atoms with Crippen LogP contribution in [-0.4, -0.2) is 14.5 Å². The molecule has 18 heavy (non-hydrogen) atoms. The molecule has 0 bridgehead atoms. The maximum Gasteiger partial charge on any atom is 0.216 e. The molecule has 1 aromatic carbocycles. The molecular formula is C12H17Cl2NO2S. The van der Waals surface area contributed by atoms with Crippen LogP contribution in [0.25, 0.3) is 0 Å². The highest BCUT2D eigenvalue weighted by Crippen LogP contribution is 2.23. The van der Waals surface area contributed by atoms with Crippen molar-refractivity contribution in [2.45, 2.75) is 32.6 Å². The molecule has 0 aliphatic carbocycles. The fraction of sp³-hybridized carbons (Fsp3) is 0.500. The van der Waals surface area contributed by atoms with Crippen LogP contribution in [0, 0.1) is 5.92 Å². The van der Waals surface area contributed by atoms with E-state index in [0.717, 1.165) is 0 Å². The Hall–Kier alpha value is -0.290. The highest BCUT2D eigenvalue weighted by atomic mass is 35.5. The third-order valence-electron chi connectivity index (χ3n) is 2.71. The van der Waals surface area contributed by atoms with Crippen LogP contribution in [-0.2, 0) is 15.8 Å². The van der Waals surface area contributed by atoms with Gasteiger partial charge >= 0.3 is 0 Å². The van der Waals surface area contributed by atoms with Crippen molar-refractivity contribution in [1.29, 1.82) is 0 Å². The van der Waals surface area contributed by atoms with Gasteiger partial charge in [0.15, 0.2) is 0 Å². The first-order valence-corrected chi connectivity index (χ1v) is 8.06. The van der Waals surface area contributed by atoms with E-state index in [4.69, 9.17) is 23.2 Å². The summed E-state index contributed by atoms with van der Waals surface area (Å²) in [4.78, 5) is 0. The third-order valence-corrected chi connectivity index (χ3v) is 4.89. The van der Waals surface area contributed by atoms with Crippen molar-refractivity contribution in [2.24, 2.45) is 5.92 Å². The molecule has 102 valence electrons. The van der Waals surface area contributed by atoms with Crippen molar-refractivity contribution in [3.8, 4) is 0 Å². The van der Waals surface area contributed by atoms with Crippen LogP contribution < -0.4 is 4.72 Å². The molecule has 1 N–H and O–H groups in total. The standard InChI is InChI=1S/C12H17Cl2NO2S/c1-8(2)9(3)15-18(16,17)7-10-4-5-11(13)12(14)6-10/h4-6,8-9,15H,7H2,1-3H3/t9-/m0/s1. The Balaban J connectivity index is 2.79. The highest BCUT2D eigenvalue weighted by molar-refractivity contribution is 7.88. The van der Waals surface area contributed by atoms with Crippen molar-refractivity contribution < 1.29 is 8.42 Å². The van der Waals surface area contributed by atoms with E-state index in [-0.39, 0.29) is 17.7 Å². The molecule has 0 aromatic heterocycles. The zero-order valence-corrected chi connectivity index (χ0v) is 12.9. The van der Waals surface area contributed by atoms with Crippen LogP contribution in [0.2, 0.25) is 10.0 Å². The molecule has 0 spiro atoms. The van der Waals surface area contributed by atoms with Gasteiger partial charge in [0.25, 0.3) is 0 Å². The number of halogens is 2. The molecule has 0 saturated carbocycles. The van der Waals surface area contributed by atoms with Gasteiger partial charge in [0.2, 0.25) is 10.0 Å². The van der Waals surface area contributed by atoms with Crippen molar-refractivity contribution in [2.75, 3.05) is 0 Å². The van der Waals surface area contributed by atoms with Gasteiger partial charge in [0.05, 0.1) is 15.8 Å². The second kappa shape index (κ2) is 6.24. The van der Waals surface area contributed by atoms with Gasteiger partial charge in [0, 0.05) is 6.04 Å². The Morgan fingerprint density at radius 3 is 2.28 bits per heavy atom. The van der Waals surface area contributed by atoms with Crippen molar-refractivity contribution in [3.05, 3.63) is 33.8 Å². The molecule has 1 rings (SSSR count). The average molecular weight is 310 g/mol. The molecule has 0 radical (unpaired) electrons. The Bertz CT molecular complexity index is 515. The summed E-state index contributed by atoms with van der Waals surface area (Å²) in [5.74, 6) is 0.148. The summed E-state index contributed by atoms with van der Waals surface area (Å²) in [6.07, 6.45) is 0. The SMILES string of the molecule is CC(C)[C@H](C)NS(=O)(=O)Cc1ccc(Cl)c(Cl)c1. The Kier molecular flexibility index (Phi) is 5.46. The van der Waals surface area contributed by atoms with E-state index < -0.39 is 10.0 Å². The second-order valence-electron chi connectivity index (χ2n) is 4.66. The monoisotopic (exact) mass is 309 g/mol. The van der Waals surface area contributed by atoms with Crippen molar-refractivity contribution in [1.82, 2.24) is 4.72 Å². The lowest BCUT2D eigenvalue weighted by Crippen LogP contribution is -2.36. The summed E-state index contributed by atoms with van der Waals surface area (Å²) in [6, 6.07) is 4.73. The predicted molar refractivity (Wildman–Crippen MR) is 76.5 cm³/mol. The minimum Gasteiger partial charge on any atom is -0.212 e. The van der Waals surface area contributed by atoms with Crippen LogP contribution in [0.5, 0.6) is 0 Å². The largest absolute Gasteiger partial charge is 0.216 e. The van der Waals surface area contributed by atoms with E-state index in [1.807, 2.05) is 20.8 Å². The van der Waals surface area contributed by atoms with Gasteiger partial charge in [-0.25, -0.2) is 13.1 Å². The lowest BCUT2D eigenvalue weighted by atomic mass is 10.1. The summed E-state index contributed by atoms with van der Waals surface area (Å²) in [5.41, 5.74) is 0.618. The van der Waals surface area contributed by atoms with E-state index in [1.54, 1.807) is 18.2 Å². The van der Waals surface area contributed by atoms with Crippen molar-refractivity contribution >= 4 is 33.2 Å². The lowest BCUT2D eigenvalue weighted by molar-refractivity contribution is 0.476. The number of sulfonamides is 1. The number of nitrogens with one attached hydrogen (secondary N) is 1. The summed E-state index contributed by atoms with van der Waals surface area (Å²) in [7, 11) is -3.36. The van der Waals surface area contributed by atoms with E-state index in [9.17, 15) is 8.42 Å². The second-order valence-corrected chi connectivity index (χ2v) is 7.23. The van der Waals surface area contributed by atoms with Crippen LogP contribution in [0.3, 0.4) is 0 Å². The molecule has 0 fully saturated rings. The van der Waals surface area contributed by atoms with E-state index >= 15 is 0 Å². The molecule has 0 unspecified atom stereocenters. The number of hydrogen-bond acceptors (Lipinski definition) is 2. The molecular weight excluding hydrogens is 293 g/mol. The van der Waals surface area contributed by atoms with Crippen LogP contribution in [0.15, 0.2) is 18.2 Å². The maximum atomic E-state index is 11.9. The zero-order valence-electron chi connectivity index (χ0n) is 10.6. The molecule has 0 amide bonds. The van der Waals surface area contributed by atoms with Gasteiger partial charge < -0.3 is 0 Å². The fourth-order valence-electron chi connectivity index (χ4n) is 1.31. The normalized spacial score (nSPS) is 13.9. The van der Waals surface area contributed by atoms with Crippen LogP contribution >= 0.6 is 23.2 Å². The Morgan fingerprint density at radius 2 is 1.78 bits per heavy atom. The molecule has 1 aromatic rings. The van der Waals surface area contributed by atoms with E-state index in [0.29, 0.717) is 15.6 Å². The Morgan fingerprint density at radius 1 is 1.17 bits per heavy atom. The molecule has 0 saturated heterocycles. The first-order valence-electron chi connectivity index (χ1n) is 5.65. The van der Waals surface area contributed by atoms with E-state index in [2.05, 4.69) is 4.72 Å². The molecule has 1 atom stereocenters. The average Bonchev–Trinajstić information content (AvgIpc) is 2.22. The predicted octanol–water partition coefficient (Wildman–Crippen LogP) is 3.46. The first kappa shape index (κ1) is 15.8. The van der Waals surface area contributed by atoms with Gasteiger partial charge in [0.1, 0.15) is 0 Å². The van der Waals surface area contributed by atoms with Crippen molar-refractivity contribution in [3.63, 3.8) is 0 Å². The van der Waals surface area contributed by atoms with Gasteiger partial charge in [-0.05, 0) is 30.5 Å². The summed E-state index contributed by atoms with van der Waals surface area (Å²) in [5, 5.41) is 0.780. The lowest BCUT2D eigenvalue weighted by Gasteiger charge is -2.17. The smallest absolute Gasteiger partial charge is 0.212 e. The molecule has 0 heterocycles. The highest BCUT2D eigenvalue weighted by Gasteiger charge is 2.17. The quantitative estimate of drug-likeness (QED) is 0.905. The molecule has 0 aliphatic heterocycles. The molecule has 0 aliphatic rings. The summed E-state index contributed by atoms with van der Waals surface area (Å²) >= 11 is 11.6. The number of hydrogen-bond donors (Lipinski definition) is 1. The third kappa shape index (κ3) is 4.76. The minimum absolute atomic E-state index is 0.0963. The molecule has 6 heteroatoms. The number of benzene rings is 1. The van der Waals surface area contributed by atoms with Gasteiger partial charge in [-0.15, -0.1) is 0 Å². The van der Waals surface area contributed by atoms with Gasteiger partial charge in [-0.1, -0.05) is 43.1 Å². The van der Waals surface area contributed by atoms with Gasteiger partial charge in [-0.3, -0.25) is 0 Å². The number of rotatable bonds is 5. The first-order chi connectivity index (χ1) is 8.21. The molecule has 3 nitrogen and oxygen atoms in total. The summed E-state index contributed by atoms with van der Waals surface area (Å²) in [6.45, 7) is 5.77. The minimum atomic E-state index is -3.36. The zero-order chi connectivity index (χ0) is 13.9. The van der Waals surface area contributed by atoms with Gasteiger partial charge in [-0.2, -0.15) is 0 Å². The van der Waals surface area contributed by atoms with E-state index in [1.165, 1.54) is 0 Å². The fourth-order valence-corrected chi connectivity index (χ4v) is 3.17. The van der Waals surface area contributed by atoms with Crippen LogP contribution in [0.4, 0.5) is 0 Å². The topological polar surface area (TPSA) is 46.2 Å². The summed E-state index contributed by atoms with van der Waals surface area (Å²) < 4.78 is 26.5.